The molecule has 1 rings (SSSR count). The van der Waals surface area contributed by atoms with Gasteiger partial charge in [-0.3, -0.25) is 9.78 Å². The van der Waals surface area contributed by atoms with Crippen molar-refractivity contribution in [3.8, 4) is 0 Å². The Morgan fingerprint density at radius 3 is 2.58 bits per heavy atom. The lowest BCUT2D eigenvalue weighted by atomic mass is 10.5. The molecule has 0 bridgehead atoms. The van der Waals surface area contributed by atoms with Gasteiger partial charge in [0, 0.05) is 24.7 Å². The van der Waals surface area contributed by atoms with E-state index in [0.29, 0.717) is 13.2 Å². The van der Waals surface area contributed by atoms with Crippen LogP contribution in [0.15, 0.2) is 11.7 Å². The van der Waals surface area contributed by atoms with Gasteiger partial charge >= 0.3 is 12.0 Å². The number of thiazole rings is 1. The number of aliphatic carboxylic acids is 1. The van der Waals surface area contributed by atoms with Crippen LogP contribution in [0, 0.1) is 0 Å². The average Bonchev–Trinajstić information content (AvgIpc) is 2.88. The molecule has 2 amide bonds. The highest BCUT2D eigenvalue weighted by atomic mass is 32.1. The molecule has 0 unspecified atom stereocenters. The minimum Gasteiger partial charge on any atom is -0.480 e. The van der Waals surface area contributed by atoms with Gasteiger partial charge in [0.25, 0.3) is 0 Å². The highest BCUT2D eigenvalue weighted by molar-refractivity contribution is 7.09. The molecule has 1 aromatic rings. The largest absolute Gasteiger partial charge is 0.480 e. The average molecular weight is 289 g/mol. The summed E-state index contributed by atoms with van der Waals surface area (Å²) in [5.41, 5.74) is 1.68. The fourth-order valence-corrected chi connectivity index (χ4v) is 1.56. The second kappa shape index (κ2) is 10.3. The summed E-state index contributed by atoms with van der Waals surface area (Å²) in [6.07, 6.45) is 2.55. The summed E-state index contributed by atoms with van der Waals surface area (Å²) >= 11 is 1.44. The first-order valence-electron chi connectivity index (χ1n) is 5.70. The van der Waals surface area contributed by atoms with Crippen molar-refractivity contribution in [1.82, 2.24) is 15.2 Å². The lowest BCUT2D eigenvalue weighted by molar-refractivity contribution is -0.135. The highest BCUT2D eigenvalue weighted by Crippen LogP contribution is 2.07. The molecule has 108 valence electrons. The van der Waals surface area contributed by atoms with Crippen LogP contribution in [0.25, 0.3) is 0 Å². The second-order valence-corrected chi connectivity index (χ2v) is 4.57. The number of aromatic nitrogens is 1. The van der Waals surface area contributed by atoms with Gasteiger partial charge in [0.2, 0.25) is 0 Å². The third kappa shape index (κ3) is 8.97. The van der Waals surface area contributed by atoms with Crippen LogP contribution in [-0.4, -0.2) is 52.3 Å². The fraction of sp³-hybridized carbons (Fsp3) is 0.545. The van der Waals surface area contributed by atoms with Crippen molar-refractivity contribution in [2.24, 2.45) is 0 Å². The Labute approximate surface area is 115 Å². The van der Waals surface area contributed by atoms with Gasteiger partial charge in [-0.1, -0.05) is 6.92 Å². The topological polar surface area (TPSA) is 103 Å². The highest BCUT2D eigenvalue weighted by Gasteiger charge is 2.10. The van der Waals surface area contributed by atoms with E-state index in [1.807, 2.05) is 6.92 Å². The van der Waals surface area contributed by atoms with Gasteiger partial charge in [0.05, 0.1) is 12.1 Å². The summed E-state index contributed by atoms with van der Waals surface area (Å²) < 4.78 is 0. The zero-order valence-electron chi connectivity index (χ0n) is 11.0. The number of rotatable bonds is 5. The summed E-state index contributed by atoms with van der Waals surface area (Å²) in [6.45, 7) is 2.31. The Morgan fingerprint density at radius 1 is 1.53 bits per heavy atom. The van der Waals surface area contributed by atoms with Gasteiger partial charge < -0.3 is 20.4 Å². The van der Waals surface area contributed by atoms with Gasteiger partial charge in [-0.05, 0) is 6.42 Å². The maximum Gasteiger partial charge on any atom is 0.323 e. The molecule has 0 saturated carbocycles. The van der Waals surface area contributed by atoms with E-state index in [4.69, 9.17) is 10.2 Å². The van der Waals surface area contributed by atoms with Crippen LogP contribution in [0.1, 0.15) is 18.2 Å². The number of carboxylic acid groups (broad SMARTS) is 1. The molecular weight excluding hydrogens is 270 g/mol. The molecule has 0 spiro atoms. The maximum atomic E-state index is 11.3. The smallest absolute Gasteiger partial charge is 0.323 e. The van der Waals surface area contributed by atoms with Crippen LogP contribution >= 0.6 is 11.3 Å². The number of carbonyl (C=O) groups excluding carboxylic acids is 1. The molecule has 0 aliphatic heterocycles. The van der Waals surface area contributed by atoms with E-state index in [0.717, 1.165) is 11.3 Å². The number of hydrogen-bond donors (Lipinski definition) is 3. The number of aliphatic hydroxyl groups is 1. The molecule has 0 atom stereocenters. The van der Waals surface area contributed by atoms with Crippen LogP contribution in [0.2, 0.25) is 0 Å². The van der Waals surface area contributed by atoms with E-state index in [-0.39, 0.29) is 6.54 Å². The predicted octanol–water partition coefficient (Wildman–Crippen LogP) is 0.758. The second-order valence-electron chi connectivity index (χ2n) is 3.60. The van der Waals surface area contributed by atoms with Crippen molar-refractivity contribution in [3.05, 3.63) is 16.6 Å². The normalized spacial score (nSPS) is 9.21. The Morgan fingerprint density at radius 2 is 2.16 bits per heavy atom. The molecular formula is C11H19N3O4S. The van der Waals surface area contributed by atoms with Crippen molar-refractivity contribution < 1.29 is 19.8 Å². The molecule has 1 heterocycles. The van der Waals surface area contributed by atoms with Gasteiger partial charge in [-0.25, -0.2) is 4.79 Å². The van der Waals surface area contributed by atoms with Crippen LogP contribution in [0.5, 0.6) is 0 Å². The van der Waals surface area contributed by atoms with Crippen molar-refractivity contribution in [2.75, 3.05) is 20.2 Å². The van der Waals surface area contributed by atoms with Gasteiger partial charge in [-0.15, -0.1) is 11.3 Å². The minimum atomic E-state index is -1.06. The van der Waals surface area contributed by atoms with E-state index in [2.05, 4.69) is 10.3 Å². The van der Waals surface area contributed by atoms with E-state index in [9.17, 15) is 9.59 Å². The third-order valence-electron chi connectivity index (χ3n) is 1.84. The number of amides is 2. The van der Waals surface area contributed by atoms with Crippen LogP contribution in [-0.2, 0) is 11.3 Å². The lowest BCUT2D eigenvalue weighted by Crippen LogP contribution is -2.39. The fourth-order valence-electron chi connectivity index (χ4n) is 0.912. The standard InChI is InChI=1S/C8H11N3O3S.C3H8O/c1-11(4-6-2-9-5-15-6)8(14)10-3-7(12)13;1-2-3-4/h2,5H,3-4H2,1H3,(H,10,14)(H,12,13);4H,2-3H2,1H3. The van der Waals surface area contributed by atoms with E-state index < -0.39 is 12.0 Å². The molecule has 0 aliphatic rings. The zero-order chi connectivity index (χ0) is 14.7. The predicted molar refractivity (Wildman–Crippen MR) is 72.0 cm³/mol. The molecule has 0 saturated heterocycles. The Hall–Kier alpha value is -1.67. The maximum absolute atomic E-state index is 11.3. The molecule has 0 radical (unpaired) electrons. The SMILES string of the molecule is CCCO.CN(Cc1cncs1)C(=O)NCC(=O)O. The number of hydrogen-bond acceptors (Lipinski definition) is 5. The number of urea groups is 1. The summed E-state index contributed by atoms with van der Waals surface area (Å²) in [4.78, 5) is 27.7. The van der Waals surface area contributed by atoms with Gasteiger partial charge in [0.15, 0.2) is 0 Å². The number of aliphatic hydroxyl groups excluding tert-OH is 1. The molecule has 19 heavy (non-hydrogen) atoms. The lowest BCUT2D eigenvalue weighted by Gasteiger charge is -2.15. The van der Waals surface area contributed by atoms with E-state index >= 15 is 0 Å². The molecule has 0 aliphatic carbocycles. The Balaban J connectivity index is 0.000000711. The molecule has 7 nitrogen and oxygen atoms in total. The van der Waals surface area contributed by atoms with Crippen LogP contribution in [0.4, 0.5) is 4.79 Å². The van der Waals surface area contributed by atoms with Crippen molar-refractivity contribution in [3.63, 3.8) is 0 Å². The van der Waals surface area contributed by atoms with Crippen molar-refractivity contribution >= 4 is 23.3 Å². The quantitative estimate of drug-likeness (QED) is 0.742. The molecule has 8 heteroatoms. The first-order valence-corrected chi connectivity index (χ1v) is 6.58. The summed E-state index contributed by atoms with van der Waals surface area (Å²) in [7, 11) is 1.59. The minimum absolute atomic E-state index is 0.319. The molecule has 3 N–H and O–H groups in total. The van der Waals surface area contributed by atoms with E-state index in [1.54, 1.807) is 18.8 Å². The Bertz CT molecular complexity index is 368. The summed E-state index contributed by atoms with van der Waals surface area (Å²) in [5.74, 6) is -1.06. The van der Waals surface area contributed by atoms with Crippen molar-refractivity contribution in [1.29, 1.82) is 0 Å². The molecule has 1 aromatic heterocycles. The molecule has 0 aromatic carbocycles. The number of nitrogens with zero attached hydrogens (tertiary/aromatic N) is 2. The number of carboxylic acids is 1. The summed E-state index contributed by atoms with van der Waals surface area (Å²) in [6, 6.07) is -0.411. The molecule has 0 fully saturated rings. The van der Waals surface area contributed by atoms with Crippen LogP contribution in [0.3, 0.4) is 0 Å². The van der Waals surface area contributed by atoms with E-state index in [1.165, 1.54) is 16.2 Å². The van der Waals surface area contributed by atoms with Gasteiger partial charge in [-0.2, -0.15) is 0 Å². The van der Waals surface area contributed by atoms with Crippen LogP contribution < -0.4 is 5.32 Å². The van der Waals surface area contributed by atoms with Crippen molar-refractivity contribution in [2.45, 2.75) is 19.9 Å². The summed E-state index contributed by atoms with van der Waals surface area (Å²) in [5, 5.41) is 18.5. The first kappa shape index (κ1) is 17.3. The number of nitrogens with one attached hydrogen (secondary N) is 1. The first-order chi connectivity index (χ1) is 9.01. The zero-order valence-corrected chi connectivity index (χ0v) is 11.8. The van der Waals surface area contributed by atoms with Gasteiger partial charge in [0.1, 0.15) is 6.54 Å². The Kier molecular flexibility index (Phi) is 9.37. The monoisotopic (exact) mass is 289 g/mol. The third-order valence-corrected chi connectivity index (χ3v) is 2.60. The number of carbonyl (C=O) groups is 2.